The van der Waals surface area contributed by atoms with Gasteiger partial charge in [-0.1, -0.05) is 30.3 Å². The van der Waals surface area contributed by atoms with Gasteiger partial charge in [0.05, 0.1) is 0 Å². The van der Waals surface area contributed by atoms with Gasteiger partial charge in [-0.2, -0.15) is 0 Å². The van der Waals surface area contributed by atoms with Gasteiger partial charge in [0.1, 0.15) is 11.8 Å². The summed E-state index contributed by atoms with van der Waals surface area (Å²) in [5.41, 5.74) is 5.20. The Kier molecular flexibility index (Phi) is 3.97. The van der Waals surface area contributed by atoms with Crippen molar-refractivity contribution in [3.05, 3.63) is 68.7 Å². The maximum atomic E-state index is 13.8. The largest absolute Gasteiger partial charge is 0.456 e. The van der Waals surface area contributed by atoms with E-state index in [1.165, 1.54) is 6.07 Å². The highest BCUT2D eigenvalue weighted by atomic mass is 127. The van der Waals surface area contributed by atoms with Crippen molar-refractivity contribution in [2.45, 2.75) is 13.0 Å². The minimum atomic E-state index is -0.367. The molecule has 3 N–H and O–H groups in total. The second-order valence-corrected chi connectivity index (χ2v) is 5.96. The molecule has 0 aliphatic heterocycles. The van der Waals surface area contributed by atoms with Crippen molar-refractivity contribution >= 4 is 33.6 Å². The number of fused-ring (bicyclic) bond motifs is 1. The predicted molar refractivity (Wildman–Crippen MR) is 89.2 cm³/mol. The van der Waals surface area contributed by atoms with Crippen LogP contribution in [0.4, 0.5) is 4.39 Å². The fraction of sp³-hybridized carbons (Fsp3) is 0.125. The lowest BCUT2D eigenvalue weighted by molar-refractivity contribution is 0.464. The summed E-state index contributed by atoms with van der Waals surface area (Å²) in [6.45, 7) is 2.04. The Morgan fingerprint density at radius 1 is 1.24 bits per heavy atom. The van der Waals surface area contributed by atoms with Gasteiger partial charge < -0.3 is 4.42 Å². The van der Waals surface area contributed by atoms with Crippen LogP contribution in [0.15, 0.2) is 46.9 Å². The summed E-state index contributed by atoms with van der Waals surface area (Å²) in [6.07, 6.45) is 0. The Hall–Kier alpha value is -1.44. The molecular weight excluding hydrogens is 382 g/mol. The minimum Gasteiger partial charge on any atom is -0.456 e. The van der Waals surface area contributed by atoms with Crippen LogP contribution in [0.1, 0.15) is 22.9 Å². The second-order valence-electron chi connectivity index (χ2n) is 4.88. The van der Waals surface area contributed by atoms with E-state index in [1.807, 2.05) is 37.3 Å². The van der Waals surface area contributed by atoms with E-state index in [0.717, 1.165) is 20.1 Å². The van der Waals surface area contributed by atoms with E-state index in [1.54, 1.807) is 6.07 Å². The second kappa shape index (κ2) is 5.75. The summed E-state index contributed by atoms with van der Waals surface area (Å²) >= 11 is 2.28. The van der Waals surface area contributed by atoms with Gasteiger partial charge in [0, 0.05) is 8.96 Å². The van der Waals surface area contributed by atoms with Crippen LogP contribution in [-0.2, 0) is 0 Å². The molecule has 1 heterocycles. The number of aryl methyl sites for hydroxylation is 1. The van der Waals surface area contributed by atoms with Crippen molar-refractivity contribution in [2.75, 3.05) is 0 Å². The number of nitrogens with two attached hydrogens (primary N) is 1. The van der Waals surface area contributed by atoms with E-state index >= 15 is 0 Å². The molecule has 5 heteroatoms. The Morgan fingerprint density at radius 2 is 2.00 bits per heavy atom. The molecule has 1 aromatic heterocycles. The number of hydrogen-bond donors (Lipinski definition) is 2. The molecule has 0 saturated heterocycles. The SMILES string of the molecule is Cc1cccc(C(NN)c2cc3cccc(F)c3o2)c1I. The molecule has 0 aliphatic rings. The lowest BCUT2D eigenvalue weighted by atomic mass is 10.0. The molecule has 1 atom stereocenters. The van der Waals surface area contributed by atoms with Gasteiger partial charge in [-0.05, 0) is 52.8 Å². The molecule has 108 valence electrons. The summed E-state index contributed by atoms with van der Waals surface area (Å²) in [5, 5.41) is 0.730. The molecule has 21 heavy (non-hydrogen) atoms. The first kappa shape index (κ1) is 14.5. The fourth-order valence-corrected chi connectivity index (χ4v) is 3.08. The van der Waals surface area contributed by atoms with Crippen LogP contribution in [0.2, 0.25) is 0 Å². The Morgan fingerprint density at radius 3 is 2.71 bits per heavy atom. The summed E-state index contributed by atoms with van der Waals surface area (Å²) < 4.78 is 20.6. The van der Waals surface area contributed by atoms with Gasteiger partial charge >= 0.3 is 0 Å². The van der Waals surface area contributed by atoms with Gasteiger partial charge in [-0.25, -0.2) is 9.82 Å². The first-order chi connectivity index (χ1) is 10.1. The number of hydrogen-bond acceptors (Lipinski definition) is 3. The van der Waals surface area contributed by atoms with Gasteiger partial charge in [0.25, 0.3) is 0 Å². The molecule has 3 aromatic rings. The average molecular weight is 396 g/mol. The first-order valence-electron chi connectivity index (χ1n) is 6.51. The smallest absolute Gasteiger partial charge is 0.169 e. The van der Waals surface area contributed by atoms with Crippen LogP contribution in [0.3, 0.4) is 0 Å². The summed E-state index contributed by atoms with van der Waals surface area (Å²) in [4.78, 5) is 0. The number of hydrazine groups is 1. The van der Waals surface area contributed by atoms with Crippen molar-refractivity contribution in [2.24, 2.45) is 5.84 Å². The zero-order chi connectivity index (χ0) is 15.0. The van der Waals surface area contributed by atoms with Crippen LogP contribution in [0.5, 0.6) is 0 Å². The Bertz CT molecular complexity index is 800. The Balaban J connectivity index is 2.14. The maximum Gasteiger partial charge on any atom is 0.169 e. The number of halogens is 2. The van der Waals surface area contributed by atoms with Gasteiger partial charge in [-0.15, -0.1) is 0 Å². The third kappa shape index (κ3) is 2.56. The number of benzene rings is 2. The Labute approximate surface area is 135 Å². The van der Waals surface area contributed by atoms with Crippen LogP contribution in [0.25, 0.3) is 11.0 Å². The molecule has 0 aliphatic carbocycles. The molecule has 0 bridgehead atoms. The number of rotatable bonds is 3. The molecular formula is C16H14FIN2O. The molecule has 3 nitrogen and oxygen atoms in total. The number of furan rings is 1. The van der Waals surface area contributed by atoms with Crippen LogP contribution < -0.4 is 11.3 Å². The first-order valence-corrected chi connectivity index (χ1v) is 7.59. The molecule has 0 saturated carbocycles. The summed E-state index contributed by atoms with van der Waals surface area (Å²) in [7, 11) is 0. The lowest BCUT2D eigenvalue weighted by Crippen LogP contribution is -2.29. The quantitative estimate of drug-likeness (QED) is 0.399. The van der Waals surface area contributed by atoms with Crippen molar-refractivity contribution in [1.29, 1.82) is 0 Å². The van der Waals surface area contributed by atoms with E-state index in [2.05, 4.69) is 28.0 Å². The molecule has 0 fully saturated rings. The number of para-hydroxylation sites is 1. The fourth-order valence-electron chi connectivity index (χ4n) is 2.41. The third-order valence-corrected chi connectivity index (χ3v) is 4.97. The van der Waals surface area contributed by atoms with E-state index in [-0.39, 0.29) is 17.4 Å². The highest BCUT2D eigenvalue weighted by Gasteiger charge is 2.21. The van der Waals surface area contributed by atoms with Crippen molar-refractivity contribution in [3.8, 4) is 0 Å². The van der Waals surface area contributed by atoms with E-state index < -0.39 is 0 Å². The van der Waals surface area contributed by atoms with Gasteiger partial charge in [0.15, 0.2) is 11.4 Å². The topological polar surface area (TPSA) is 51.2 Å². The summed E-state index contributed by atoms with van der Waals surface area (Å²) in [6, 6.07) is 12.4. The van der Waals surface area contributed by atoms with Crippen LogP contribution >= 0.6 is 22.6 Å². The highest BCUT2D eigenvalue weighted by molar-refractivity contribution is 14.1. The number of nitrogens with one attached hydrogen (secondary N) is 1. The third-order valence-electron chi connectivity index (χ3n) is 3.50. The molecule has 3 rings (SSSR count). The van der Waals surface area contributed by atoms with Crippen LogP contribution in [0, 0.1) is 16.3 Å². The predicted octanol–water partition coefficient (Wildman–Crippen LogP) is 4.04. The minimum absolute atomic E-state index is 0.260. The molecule has 0 radical (unpaired) electrons. The van der Waals surface area contributed by atoms with Crippen molar-refractivity contribution in [1.82, 2.24) is 5.43 Å². The van der Waals surface area contributed by atoms with Gasteiger partial charge in [0.2, 0.25) is 0 Å². The zero-order valence-corrected chi connectivity index (χ0v) is 13.5. The van der Waals surface area contributed by atoms with E-state index in [9.17, 15) is 4.39 Å². The maximum absolute atomic E-state index is 13.8. The monoisotopic (exact) mass is 396 g/mol. The van der Waals surface area contributed by atoms with E-state index in [4.69, 9.17) is 10.3 Å². The molecule has 0 spiro atoms. The highest BCUT2D eigenvalue weighted by Crippen LogP contribution is 2.32. The average Bonchev–Trinajstić information content (AvgIpc) is 2.89. The zero-order valence-electron chi connectivity index (χ0n) is 11.4. The van der Waals surface area contributed by atoms with Crippen molar-refractivity contribution in [3.63, 3.8) is 0 Å². The van der Waals surface area contributed by atoms with Crippen LogP contribution in [-0.4, -0.2) is 0 Å². The van der Waals surface area contributed by atoms with Crippen molar-refractivity contribution < 1.29 is 8.81 Å². The lowest BCUT2D eigenvalue weighted by Gasteiger charge is -2.16. The normalized spacial score (nSPS) is 12.8. The molecule has 0 amide bonds. The summed E-state index contributed by atoms with van der Waals surface area (Å²) in [5.74, 6) is 5.94. The van der Waals surface area contributed by atoms with Gasteiger partial charge in [-0.3, -0.25) is 5.84 Å². The molecule has 2 aromatic carbocycles. The molecule has 1 unspecified atom stereocenters. The standard InChI is InChI=1S/C16H14FIN2O/c1-9-4-2-6-11(14(9)18)15(20-19)13-8-10-5-3-7-12(17)16(10)21-13/h2-8,15,20H,19H2,1H3. The van der Waals surface area contributed by atoms with E-state index in [0.29, 0.717) is 5.76 Å².